The van der Waals surface area contributed by atoms with E-state index < -0.39 is 5.97 Å². The summed E-state index contributed by atoms with van der Waals surface area (Å²) in [6, 6.07) is 17.9. The lowest BCUT2D eigenvalue weighted by molar-refractivity contribution is -0.137. The molecule has 2 aromatic carbocycles. The van der Waals surface area contributed by atoms with E-state index in [4.69, 9.17) is 9.84 Å². The number of nitrogens with zero attached hydrogens (tertiary/aromatic N) is 1. The third-order valence-electron chi connectivity index (χ3n) is 6.18. The standard InChI is InChI=1S/C29H30N2O4S/c1-3-5-23(16-28(32)33)22-8-10-25(11-9-22)35-19-21-7-4-6-20(14-21)17-31-13-12-26-24(18-31)15-27(36-26)29(34)30-2/h4,6-11,14-15,23H,12-13,16-19H2,1-2H3,(H,30,34)(H,32,33). The Labute approximate surface area is 215 Å². The number of fused-ring (bicyclic) bond motifs is 1. The summed E-state index contributed by atoms with van der Waals surface area (Å²) in [7, 11) is 1.67. The third-order valence-corrected chi connectivity index (χ3v) is 7.42. The molecule has 3 aromatic rings. The predicted octanol–water partition coefficient (Wildman–Crippen LogP) is 4.83. The van der Waals surface area contributed by atoms with E-state index in [1.165, 1.54) is 16.0 Å². The number of carbonyl (C=O) groups is 2. The minimum Gasteiger partial charge on any atom is -0.489 e. The maximum absolute atomic E-state index is 12.0. The SMILES string of the molecule is CC#CC(CC(=O)O)c1ccc(OCc2cccc(CN3CCc4sc(C(=O)NC)cc4C3)c2)cc1. The fraction of sp³-hybridized carbons (Fsp3) is 0.310. The van der Waals surface area contributed by atoms with Gasteiger partial charge in [0.2, 0.25) is 0 Å². The number of hydrogen-bond acceptors (Lipinski definition) is 5. The van der Waals surface area contributed by atoms with Crippen LogP contribution < -0.4 is 10.1 Å². The van der Waals surface area contributed by atoms with Gasteiger partial charge in [0.15, 0.2) is 0 Å². The van der Waals surface area contributed by atoms with Crippen LogP contribution in [0.15, 0.2) is 54.6 Å². The van der Waals surface area contributed by atoms with E-state index in [-0.39, 0.29) is 18.2 Å². The van der Waals surface area contributed by atoms with Crippen LogP contribution in [0.1, 0.15) is 56.1 Å². The second-order valence-corrected chi connectivity index (χ2v) is 9.96. The molecule has 0 bridgehead atoms. The maximum atomic E-state index is 12.0. The number of rotatable bonds is 9. The molecule has 186 valence electrons. The number of nitrogens with one attached hydrogen (secondary N) is 1. The number of amides is 1. The van der Waals surface area contributed by atoms with Gasteiger partial charge in [0.05, 0.1) is 17.2 Å². The van der Waals surface area contributed by atoms with Crippen LogP contribution in [0.5, 0.6) is 5.75 Å². The first kappa shape index (κ1) is 25.5. The van der Waals surface area contributed by atoms with Crippen molar-refractivity contribution in [2.45, 2.75) is 45.4 Å². The van der Waals surface area contributed by atoms with Gasteiger partial charge >= 0.3 is 5.97 Å². The van der Waals surface area contributed by atoms with Crippen molar-refractivity contribution in [3.63, 3.8) is 0 Å². The number of thiophene rings is 1. The Kier molecular flexibility index (Phi) is 8.42. The average molecular weight is 503 g/mol. The van der Waals surface area contributed by atoms with E-state index in [2.05, 4.69) is 46.3 Å². The van der Waals surface area contributed by atoms with Crippen LogP contribution in [0.4, 0.5) is 0 Å². The molecular weight excluding hydrogens is 472 g/mol. The Hall–Kier alpha value is -3.60. The van der Waals surface area contributed by atoms with Crippen molar-refractivity contribution in [1.82, 2.24) is 10.2 Å². The maximum Gasteiger partial charge on any atom is 0.304 e. The molecular formula is C29H30N2O4S. The first-order valence-electron chi connectivity index (χ1n) is 12.0. The van der Waals surface area contributed by atoms with Crippen molar-refractivity contribution in [2.75, 3.05) is 13.6 Å². The Morgan fingerprint density at radius 3 is 2.67 bits per heavy atom. The topological polar surface area (TPSA) is 78.9 Å². The highest BCUT2D eigenvalue weighted by molar-refractivity contribution is 7.14. The number of hydrogen-bond donors (Lipinski definition) is 2. The third kappa shape index (κ3) is 6.54. The Morgan fingerprint density at radius 1 is 1.17 bits per heavy atom. The van der Waals surface area contributed by atoms with E-state index in [0.717, 1.165) is 47.8 Å². The molecule has 1 aliphatic rings. The highest BCUT2D eigenvalue weighted by Gasteiger charge is 2.21. The largest absolute Gasteiger partial charge is 0.489 e. The molecule has 1 atom stereocenters. The summed E-state index contributed by atoms with van der Waals surface area (Å²) in [4.78, 5) is 27.6. The summed E-state index contributed by atoms with van der Waals surface area (Å²) in [6.45, 7) is 4.83. The molecule has 0 aliphatic carbocycles. The van der Waals surface area contributed by atoms with Crippen molar-refractivity contribution in [2.24, 2.45) is 0 Å². The Balaban J connectivity index is 1.34. The normalized spacial score (nSPS) is 13.7. The van der Waals surface area contributed by atoms with E-state index in [0.29, 0.717) is 6.61 Å². The molecule has 0 spiro atoms. The van der Waals surface area contributed by atoms with E-state index in [1.54, 1.807) is 25.3 Å². The molecule has 4 rings (SSSR count). The van der Waals surface area contributed by atoms with Crippen molar-refractivity contribution >= 4 is 23.2 Å². The lowest BCUT2D eigenvalue weighted by Gasteiger charge is -2.26. The van der Waals surface area contributed by atoms with Gasteiger partial charge < -0.3 is 15.2 Å². The second kappa shape index (κ2) is 11.9. The van der Waals surface area contributed by atoms with Gasteiger partial charge in [0, 0.05) is 31.6 Å². The van der Waals surface area contributed by atoms with Gasteiger partial charge in [-0.05, 0) is 53.8 Å². The summed E-state index contributed by atoms with van der Waals surface area (Å²) in [5.74, 6) is 5.31. The van der Waals surface area contributed by atoms with Crippen LogP contribution in [-0.2, 0) is 30.9 Å². The van der Waals surface area contributed by atoms with Gasteiger partial charge in [0.25, 0.3) is 5.91 Å². The van der Waals surface area contributed by atoms with Gasteiger partial charge in [-0.1, -0.05) is 42.3 Å². The summed E-state index contributed by atoms with van der Waals surface area (Å²) in [5.41, 5.74) is 4.45. The van der Waals surface area contributed by atoms with Crippen LogP contribution in [0.3, 0.4) is 0 Å². The first-order valence-corrected chi connectivity index (χ1v) is 12.8. The molecule has 0 saturated carbocycles. The van der Waals surface area contributed by atoms with Gasteiger partial charge in [-0.2, -0.15) is 0 Å². The molecule has 1 aromatic heterocycles. The van der Waals surface area contributed by atoms with Crippen molar-refractivity contribution in [1.29, 1.82) is 0 Å². The summed E-state index contributed by atoms with van der Waals surface area (Å²) in [5, 5.41) is 11.8. The number of carbonyl (C=O) groups excluding carboxylic acids is 1. The minimum absolute atomic E-state index is 0.0157. The van der Waals surface area contributed by atoms with Crippen LogP contribution in [0.2, 0.25) is 0 Å². The zero-order chi connectivity index (χ0) is 25.5. The van der Waals surface area contributed by atoms with Crippen LogP contribution >= 0.6 is 11.3 Å². The molecule has 2 heterocycles. The Bertz CT molecular complexity index is 1290. The van der Waals surface area contributed by atoms with Gasteiger partial charge in [-0.3, -0.25) is 14.5 Å². The summed E-state index contributed by atoms with van der Waals surface area (Å²) >= 11 is 1.60. The quantitative estimate of drug-likeness (QED) is 0.410. The molecule has 6 nitrogen and oxygen atoms in total. The lowest BCUT2D eigenvalue weighted by atomic mass is 9.96. The van der Waals surface area contributed by atoms with Crippen LogP contribution in [0.25, 0.3) is 0 Å². The lowest BCUT2D eigenvalue weighted by Crippen LogP contribution is -2.29. The zero-order valence-electron chi connectivity index (χ0n) is 20.5. The molecule has 2 N–H and O–H groups in total. The van der Waals surface area contributed by atoms with Gasteiger partial charge in [-0.15, -0.1) is 17.3 Å². The highest BCUT2D eigenvalue weighted by atomic mass is 32.1. The van der Waals surface area contributed by atoms with Gasteiger partial charge in [-0.25, -0.2) is 0 Å². The van der Waals surface area contributed by atoms with E-state index in [9.17, 15) is 9.59 Å². The van der Waals surface area contributed by atoms with E-state index in [1.807, 2.05) is 30.3 Å². The monoisotopic (exact) mass is 502 g/mol. The van der Waals surface area contributed by atoms with Crippen LogP contribution in [-0.4, -0.2) is 35.5 Å². The van der Waals surface area contributed by atoms with Crippen LogP contribution in [0, 0.1) is 11.8 Å². The molecule has 0 fully saturated rings. The number of benzene rings is 2. The minimum atomic E-state index is -0.864. The van der Waals surface area contributed by atoms with Crippen molar-refractivity contribution < 1.29 is 19.4 Å². The Morgan fingerprint density at radius 2 is 1.94 bits per heavy atom. The fourth-order valence-electron chi connectivity index (χ4n) is 4.40. The summed E-state index contributed by atoms with van der Waals surface area (Å²) < 4.78 is 5.99. The van der Waals surface area contributed by atoms with Crippen molar-refractivity contribution in [3.05, 3.63) is 86.6 Å². The zero-order valence-corrected chi connectivity index (χ0v) is 21.4. The summed E-state index contributed by atoms with van der Waals surface area (Å²) in [6.07, 6.45) is 0.945. The number of carboxylic acids is 1. The molecule has 0 radical (unpaired) electrons. The average Bonchev–Trinajstić information content (AvgIpc) is 3.31. The van der Waals surface area contributed by atoms with E-state index >= 15 is 0 Å². The highest BCUT2D eigenvalue weighted by Crippen LogP contribution is 2.29. The molecule has 1 aliphatic heterocycles. The number of ether oxygens (including phenoxy) is 1. The molecule has 36 heavy (non-hydrogen) atoms. The molecule has 7 heteroatoms. The molecule has 0 saturated heterocycles. The van der Waals surface area contributed by atoms with Gasteiger partial charge in [0.1, 0.15) is 12.4 Å². The second-order valence-electron chi connectivity index (χ2n) is 8.82. The van der Waals surface area contributed by atoms with Crippen molar-refractivity contribution in [3.8, 4) is 17.6 Å². The molecule has 1 unspecified atom stereocenters. The number of aliphatic carboxylic acids is 1. The smallest absolute Gasteiger partial charge is 0.304 e. The fourth-order valence-corrected chi connectivity index (χ4v) is 5.51. The predicted molar refractivity (Wildman–Crippen MR) is 141 cm³/mol. The molecule has 1 amide bonds. The number of carboxylic acid groups (broad SMARTS) is 1. The first-order chi connectivity index (χ1) is 17.4.